The molecule has 0 saturated heterocycles. The molecule has 1 N–H and O–H groups in total. The lowest BCUT2D eigenvalue weighted by Crippen LogP contribution is -2.42. The van der Waals surface area contributed by atoms with E-state index in [1.54, 1.807) is 6.20 Å². The molecule has 1 aromatic rings. The van der Waals surface area contributed by atoms with Crippen LogP contribution in [0, 0.1) is 17.7 Å². The molecule has 2 nitrogen and oxygen atoms in total. The number of aliphatic hydroxyl groups is 1. The summed E-state index contributed by atoms with van der Waals surface area (Å²) in [4.78, 5) is 3.95. The topological polar surface area (TPSA) is 33.1 Å². The Bertz CT molecular complexity index is 458. The zero-order chi connectivity index (χ0) is 14.0. The van der Waals surface area contributed by atoms with Gasteiger partial charge in [-0.25, -0.2) is 4.39 Å². The fourth-order valence-corrected chi connectivity index (χ4v) is 4.35. The molecule has 1 aromatic heterocycles. The third-order valence-electron chi connectivity index (χ3n) is 5.36. The maximum Gasteiger partial charge on any atom is 0.141 e. The molecule has 0 aliphatic heterocycles. The average Bonchev–Trinajstić information content (AvgIpc) is 2.49. The summed E-state index contributed by atoms with van der Waals surface area (Å²) in [5.41, 5.74) is -0.178. The van der Waals surface area contributed by atoms with Gasteiger partial charge < -0.3 is 5.11 Å². The standard InChI is InChI=1S/C17H24FNO/c18-15-10-14(11-19-12-15)17(20)9-5-4-8-16(17)13-6-2-1-3-7-13/h10-13,16,20H,1-9H2. The van der Waals surface area contributed by atoms with Gasteiger partial charge in [-0.1, -0.05) is 44.9 Å². The maximum absolute atomic E-state index is 13.5. The predicted molar refractivity (Wildman–Crippen MR) is 76.6 cm³/mol. The Kier molecular flexibility index (Phi) is 4.06. The van der Waals surface area contributed by atoms with Crippen LogP contribution in [-0.2, 0) is 5.60 Å². The maximum atomic E-state index is 13.5. The van der Waals surface area contributed by atoms with Gasteiger partial charge in [-0.2, -0.15) is 0 Å². The first-order chi connectivity index (χ1) is 9.70. The van der Waals surface area contributed by atoms with Gasteiger partial charge in [-0.15, -0.1) is 0 Å². The highest BCUT2D eigenvalue weighted by Gasteiger charge is 2.44. The lowest BCUT2D eigenvalue weighted by atomic mass is 9.63. The lowest BCUT2D eigenvalue weighted by Gasteiger charge is -2.45. The summed E-state index contributed by atoms with van der Waals surface area (Å²) in [6.07, 6.45) is 13.2. The Balaban J connectivity index is 1.90. The Hall–Kier alpha value is -0.960. The molecule has 20 heavy (non-hydrogen) atoms. The molecule has 0 bridgehead atoms. The van der Waals surface area contributed by atoms with Gasteiger partial charge in [0.25, 0.3) is 0 Å². The smallest absolute Gasteiger partial charge is 0.141 e. The highest BCUT2D eigenvalue weighted by atomic mass is 19.1. The molecule has 0 spiro atoms. The summed E-state index contributed by atoms with van der Waals surface area (Å²) >= 11 is 0. The molecule has 0 radical (unpaired) electrons. The Morgan fingerprint density at radius 3 is 2.55 bits per heavy atom. The largest absolute Gasteiger partial charge is 0.385 e. The van der Waals surface area contributed by atoms with Gasteiger partial charge in [0.15, 0.2) is 0 Å². The van der Waals surface area contributed by atoms with Crippen LogP contribution in [0.15, 0.2) is 18.5 Å². The fraction of sp³-hybridized carbons (Fsp3) is 0.706. The highest BCUT2D eigenvalue weighted by molar-refractivity contribution is 5.21. The van der Waals surface area contributed by atoms with Crippen LogP contribution in [0.2, 0.25) is 0 Å². The van der Waals surface area contributed by atoms with Gasteiger partial charge in [-0.3, -0.25) is 4.98 Å². The molecule has 0 amide bonds. The van der Waals surface area contributed by atoms with Crippen molar-refractivity contribution in [3.63, 3.8) is 0 Å². The van der Waals surface area contributed by atoms with E-state index in [4.69, 9.17) is 0 Å². The van der Waals surface area contributed by atoms with E-state index in [1.807, 2.05) is 0 Å². The van der Waals surface area contributed by atoms with Crippen LogP contribution in [0.5, 0.6) is 0 Å². The molecule has 2 atom stereocenters. The van der Waals surface area contributed by atoms with Crippen LogP contribution in [0.4, 0.5) is 4.39 Å². The van der Waals surface area contributed by atoms with E-state index in [9.17, 15) is 9.50 Å². The Labute approximate surface area is 120 Å². The Morgan fingerprint density at radius 2 is 1.80 bits per heavy atom. The van der Waals surface area contributed by atoms with Crippen molar-refractivity contribution in [1.29, 1.82) is 0 Å². The van der Waals surface area contributed by atoms with Gasteiger partial charge >= 0.3 is 0 Å². The molecule has 110 valence electrons. The minimum atomic E-state index is -0.866. The SMILES string of the molecule is OC1(c2cncc(F)c2)CCCCC1C1CCCCC1. The number of hydrogen-bond acceptors (Lipinski definition) is 2. The number of rotatable bonds is 2. The first-order valence-electron chi connectivity index (χ1n) is 8.03. The van der Waals surface area contributed by atoms with Crippen molar-refractivity contribution in [3.05, 3.63) is 29.8 Å². The molecule has 1 heterocycles. The summed E-state index contributed by atoms with van der Waals surface area (Å²) in [6, 6.07) is 1.48. The predicted octanol–water partition coefficient (Wildman–Crippen LogP) is 4.18. The first-order valence-corrected chi connectivity index (χ1v) is 8.03. The van der Waals surface area contributed by atoms with E-state index in [1.165, 1.54) is 50.8 Å². The van der Waals surface area contributed by atoms with E-state index >= 15 is 0 Å². The second-order valence-corrected chi connectivity index (χ2v) is 6.57. The van der Waals surface area contributed by atoms with E-state index in [0.29, 0.717) is 11.5 Å². The van der Waals surface area contributed by atoms with Crippen molar-refractivity contribution >= 4 is 0 Å². The van der Waals surface area contributed by atoms with Crippen LogP contribution in [0.3, 0.4) is 0 Å². The number of hydrogen-bond donors (Lipinski definition) is 1. The zero-order valence-corrected chi connectivity index (χ0v) is 12.0. The monoisotopic (exact) mass is 277 g/mol. The molecule has 3 heteroatoms. The molecule has 2 fully saturated rings. The third-order valence-corrected chi connectivity index (χ3v) is 5.36. The summed E-state index contributed by atoms with van der Waals surface area (Å²) in [5.74, 6) is 0.529. The molecule has 2 aliphatic rings. The van der Waals surface area contributed by atoms with E-state index < -0.39 is 5.60 Å². The zero-order valence-electron chi connectivity index (χ0n) is 12.0. The van der Waals surface area contributed by atoms with Gasteiger partial charge in [0, 0.05) is 11.8 Å². The van der Waals surface area contributed by atoms with Crippen LogP contribution >= 0.6 is 0 Å². The summed E-state index contributed by atoms with van der Waals surface area (Å²) in [6.45, 7) is 0. The molecule has 2 saturated carbocycles. The molecular weight excluding hydrogens is 253 g/mol. The second kappa shape index (κ2) is 5.80. The van der Waals surface area contributed by atoms with Crippen molar-refractivity contribution in [1.82, 2.24) is 4.98 Å². The van der Waals surface area contributed by atoms with Gasteiger partial charge in [0.1, 0.15) is 5.82 Å². The minimum absolute atomic E-state index is 0.278. The summed E-state index contributed by atoms with van der Waals surface area (Å²) in [5, 5.41) is 11.3. The molecule has 2 aliphatic carbocycles. The normalized spacial score (nSPS) is 32.2. The van der Waals surface area contributed by atoms with Gasteiger partial charge in [-0.05, 0) is 30.7 Å². The average molecular weight is 277 g/mol. The van der Waals surface area contributed by atoms with Crippen LogP contribution in [-0.4, -0.2) is 10.1 Å². The third kappa shape index (κ3) is 2.60. The first kappa shape index (κ1) is 14.0. The van der Waals surface area contributed by atoms with Crippen molar-refractivity contribution in [3.8, 4) is 0 Å². The quantitative estimate of drug-likeness (QED) is 0.879. The van der Waals surface area contributed by atoms with E-state index in [0.717, 1.165) is 19.3 Å². The van der Waals surface area contributed by atoms with Crippen LogP contribution < -0.4 is 0 Å². The van der Waals surface area contributed by atoms with Gasteiger partial charge in [0.05, 0.1) is 11.8 Å². The number of halogens is 1. The summed E-state index contributed by atoms with van der Waals surface area (Å²) < 4.78 is 13.5. The highest BCUT2D eigenvalue weighted by Crippen LogP contribution is 2.48. The molecule has 2 unspecified atom stereocenters. The fourth-order valence-electron chi connectivity index (χ4n) is 4.35. The van der Waals surface area contributed by atoms with Gasteiger partial charge in [0.2, 0.25) is 0 Å². The number of pyridine rings is 1. The van der Waals surface area contributed by atoms with Crippen molar-refractivity contribution < 1.29 is 9.50 Å². The van der Waals surface area contributed by atoms with Crippen LogP contribution in [0.25, 0.3) is 0 Å². The second-order valence-electron chi connectivity index (χ2n) is 6.57. The lowest BCUT2D eigenvalue weighted by molar-refractivity contribution is -0.0839. The number of aromatic nitrogens is 1. The molecular formula is C17H24FNO. The summed E-state index contributed by atoms with van der Waals surface area (Å²) in [7, 11) is 0. The van der Waals surface area contributed by atoms with Crippen molar-refractivity contribution in [2.45, 2.75) is 63.4 Å². The van der Waals surface area contributed by atoms with E-state index in [-0.39, 0.29) is 11.7 Å². The minimum Gasteiger partial charge on any atom is -0.385 e. The van der Waals surface area contributed by atoms with E-state index in [2.05, 4.69) is 4.98 Å². The molecule has 0 aromatic carbocycles. The van der Waals surface area contributed by atoms with Crippen molar-refractivity contribution in [2.75, 3.05) is 0 Å². The molecule has 3 rings (SSSR count). The Morgan fingerprint density at radius 1 is 1.05 bits per heavy atom. The van der Waals surface area contributed by atoms with Crippen molar-refractivity contribution in [2.24, 2.45) is 11.8 Å². The van der Waals surface area contributed by atoms with Crippen LogP contribution in [0.1, 0.15) is 63.4 Å². The number of nitrogens with zero attached hydrogens (tertiary/aromatic N) is 1.